The quantitative estimate of drug-likeness (QED) is 0.601. The van der Waals surface area contributed by atoms with Crippen molar-refractivity contribution in [3.63, 3.8) is 0 Å². The van der Waals surface area contributed by atoms with Crippen LogP contribution in [0.25, 0.3) is 0 Å². The lowest BCUT2D eigenvalue weighted by Gasteiger charge is -2.28. The first-order chi connectivity index (χ1) is 13.0. The van der Waals surface area contributed by atoms with Crippen LogP contribution in [0.4, 0.5) is 5.82 Å². The first-order valence-corrected chi connectivity index (χ1v) is 8.81. The lowest BCUT2D eigenvalue weighted by molar-refractivity contribution is -0.116. The first-order valence-electron chi connectivity index (χ1n) is 8.81. The van der Waals surface area contributed by atoms with Crippen LogP contribution in [-0.4, -0.2) is 46.2 Å². The zero-order valence-corrected chi connectivity index (χ0v) is 14.8. The highest BCUT2D eigenvalue weighted by molar-refractivity contribution is 5.94. The Morgan fingerprint density at radius 1 is 1.22 bits per heavy atom. The van der Waals surface area contributed by atoms with Gasteiger partial charge in [0.1, 0.15) is 5.82 Å². The Hall–Kier alpha value is -2.94. The van der Waals surface area contributed by atoms with Crippen LogP contribution in [0.2, 0.25) is 0 Å². The maximum atomic E-state index is 12.7. The summed E-state index contributed by atoms with van der Waals surface area (Å²) < 4.78 is 12.2. The van der Waals surface area contributed by atoms with Gasteiger partial charge in [0.15, 0.2) is 11.5 Å². The summed E-state index contributed by atoms with van der Waals surface area (Å²) in [6.07, 6.45) is 1.54. The number of amides is 1. The molecule has 0 spiro atoms. The number of benzene rings is 1. The van der Waals surface area contributed by atoms with Gasteiger partial charge in [0.2, 0.25) is 11.7 Å². The van der Waals surface area contributed by atoms with E-state index in [0.717, 1.165) is 12.8 Å². The van der Waals surface area contributed by atoms with Crippen molar-refractivity contribution in [2.75, 3.05) is 25.6 Å². The van der Waals surface area contributed by atoms with E-state index in [1.165, 1.54) is 19.2 Å². The van der Waals surface area contributed by atoms with Gasteiger partial charge in [-0.2, -0.15) is 0 Å². The molecule has 27 heavy (non-hydrogen) atoms. The monoisotopic (exact) mass is 375 g/mol. The molecule has 1 aromatic carbocycles. The number of phenolic OH excluding ortho intramolecular Hbond substituents is 2. The lowest BCUT2D eigenvalue weighted by Crippen LogP contribution is -2.28. The number of aromatic hydroxyl groups is 2. The van der Waals surface area contributed by atoms with Crippen LogP contribution >= 0.6 is 0 Å². The maximum absolute atomic E-state index is 12.7. The predicted octanol–water partition coefficient (Wildman–Crippen LogP) is 1.42. The second-order valence-electron chi connectivity index (χ2n) is 6.81. The lowest BCUT2D eigenvalue weighted by atomic mass is 9.86. The molecule has 0 unspecified atom stereocenters. The van der Waals surface area contributed by atoms with Gasteiger partial charge in [-0.3, -0.25) is 19.4 Å². The zero-order chi connectivity index (χ0) is 19.1. The molecule has 3 heterocycles. The molecule has 2 aliphatic rings. The van der Waals surface area contributed by atoms with Crippen molar-refractivity contribution in [2.45, 2.75) is 31.2 Å². The van der Waals surface area contributed by atoms with E-state index >= 15 is 0 Å². The van der Waals surface area contributed by atoms with Gasteiger partial charge >= 0.3 is 0 Å². The van der Waals surface area contributed by atoms with E-state index in [9.17, 15) is 19.8 Å². The Balaban J connectivity index is 1.82. The maximum Gasteiger partial charge on any atom is 0.270 e. The average Bonchev–Trinajstić information content (AvgIpc) is 3.00. The highest BCUT2D eigenvalue weighted by Gasteiger charge is 2.35. The number of aromatic amines is 1. The van der Waals surface area contributed by atoms with E-state index in [0.29, 0.717) is 30.2 Å². The molecule has 0 bridgehead atoms. The minimum absolute atomic E-state index is 0.0389. The summed E-state index contributed by atoms with van der Waals surface area (Å²) >= 11 is 0. The first kappa shape index (κ1) is 17.5. The molecule has 1 saturated heterocycles. The molecule has 1 atom stereocenters. The minimum Gasteiger partial charge on any atom is -0.504 e. The third-order valence-electron chi connectivity index (χ3n) is 5.21. The average molecular weight is 375 g/mol. The van der Waals surface area contributed by atoms with E-state index in [2.05, 4.69) is 10.4 Å². The standard InChI is InChI=1S/C18H21N3O6/c1-26-13-7-9(6-12(22)16(13)24)11-8-14(23)19-17-15(11)18(25)20-21(17)10-2-4-27-5-3-10/h6-7,10-11,22,24H,2-5,8H2,1H3,(H,19,23)(H,20,25)/t11-/m1/s1. The summed E-state index contributed by atoms with van der Waals surface area (Å²) in [4.78, 5) is 25.1. The highest BCUT2D eigenvalue weighted by Crippen LogP contribution is 2.43. The van der Waals surface area contributed by atoms with Gasteiger partial charge in [0.05, 0.1) is 18.7 Å². The number of nitrogens with zero attached hydrogens (tertiary/aromatic N) is 1. The number of ether oxygens (including phenoxy) is 2. The normalized spacial score (nSPS) is 20.2. The van der Waals surface area contributed by atoms with Gasteiger partial charge < -0.3 is 25.0 Å². The number of hydrogen-bond acceptors (Lipinski definition) is 6. The fraction of sp³-hybridized carbons (Fsp3) is 0.444. The molecule has 2 aromatic rings. The summed E-state index contributed by atoms with van der Waals surface area (Å²) in [5, 5.41) is 25.5. The largest absolute Gasteiger partial charge is 0.504 e. The molecule has 0 saturated carbocycles. The molecule has 9 nitrogen and oxygen atoms in total. The number of carbonyl (C=O) groups is 1. The summed E-state index contributed by atoms with van der Waals surface area (Å²) in [5.74, 6) is -0.983. The van der Waals surface area contributed by atoms with Gasteiger partial charge in [0.25, 0.3) is 5.56 Å². The van der Waals surface area contributed by atoms with E-state index < -0.39 is 5.92 Å². The second-order valence-corrected chi connectivity index (χ2v) is 6.81. The fourth-order valence-corrected chi connectivity index (χ4v) is 3.86. The number of rotatable bonds is 3. The molecule has 144 valence electrons. The molecular formula is C18H21N3O6. The van der Waals surface area contributed by atoms with Crippen molar-refractivity contribution in [3.8, 4) is 17.2 Å². The van der Waals surface area contributed by atoms with Crippen molar-refractivity contribution in [1.29, 1.82) is 0 Å². The molecule has 0 aliphatic carbocycles. The van der Waals surface area contributed by atoms with Gasteiger partial charge in [-0.15, -0.1) is 0 Å². The van der Waals surface area contributed by atoms with Crippen LogP contribution in [0.3, 0.4) is 0 Å². The number of nitrogens with one attached hydrogen (secondary N) is 2. The van der Waals surface area contributed by atoms with E-state index in [1.54, 1.807) is 4.68 Å². The number of hydrogen-bond donors (Lipinski definition) is 4. The smallest absolute Gasteiger partial charge is 0.270 e. The van der Waals surface area contributed by atoms with Crippen molar-refractivity contribution in [2.24, 2.45) is 0 Å². The van der Waals surface area contributed by atoms with Crippen LogP contribution < -0.4 is 15.6 Å². The molecule has 4 rings (SSSR count). The molecule has 2 aliphatic heterocycles. The molecule has 1 aromatic heterocycles. The Labute approximate surface area is 154 Å². The van der Waals surface area contributed by atoms with Gasteiger partial charge in [0, 0.05) is 25.6 Å². The fourth-order valence-electron chi connectivity index (χ4n) is 3.86. The van der Waals surface area contributed by atoms with Gasteiger partial charge in [-0.05, 0) is 30.5 Å². The number of anilines is 1. The molecular weight excluding hydrogens is 354 g/mol. The Morgan fingerprint density at radius 2 is 1.96 bits per heavy atom. The third kappa shape index (κ3) is 2.93. The van der Waals surface area contributed by atoms with Gasteiger partial charge in [-0.1, -0.05) is 0 Å². The van der Waals surface area contributed by atoms with Crippen molar-refractivity contribution in [3.05, 3.63) is 33.6 Å². The van der Waals surface area contributed by atoms with Gasteiger partial charge in [-0.25, -0.2) is 0 Å². The molecule has 1 fully saturated rings. The summed E-state index contributed by atoms with van der Waals surface area (Å²) in [6.45, 7) is 1.19. The predicted molar refractivity (Wildman–Crippen MR) is 95.6 cm³/mol. The highest BCUT2D eigenvalue weighted by atomic mass is 16.5. The summed E-state index contributed by atoms with van der Waals surface area (Å²) in [7, 11) is 1.37. The van der Waals surface area contributed by atoms with Crippen LogP contribution in [0.15, 0.2) is 16.9 Å². The van der Waals surface area contributed by atoms with Crippen molar-refractivity contribution < 1.29 is 24.5 Å². The minimum atomic E-state index is -0.556. The van der Waals surface area contributed by atoms with Crippen molar-refractivity contribution >= 4 is 11.7 Å². The zero-order valence-electron chi connectivity index (χ0n) is 14.8. The number of methoxy groups -OCH3 is 1. The molecule has 9 heteroatoms. The van der Waals surface area contributed by atoms with Crippen molar-refractivity contribution in [1.82, 2.24) is 9.78 Å². The van der Waals surface area contributed by atoms with E-state index in [-0.39, 0.29) is 41.2 Å². The van der Waals surface area contributed by atoms with E-state index in [4.69, 9.17) is 9.47 Å². The number of phenols is 2. The van der Waals surface area contributed by atoms with Crippen LogP contribution in [0, 0.1) is 0 Å². The van der Waals surface area contributed by atoms with E-state index in [1.807, 2.05) is 0 Å². The number of fused-ring (bicyclic) bond motifs is 1. The topological polar surface area (TPSA) is 126 Å². The van der Waals surface area contributed by atoms with Crippen LogP contribution in [-0.2, 0) is 9.53 Å². The Bertz CT molecular complexity index is 941. The Morgan fingerprint density at radius 3 is 2.67 bits per heavy atom. The molecule has 0 radical (unpaired) electrons. The number of aromatic nitrogens is 2. The number of carbonyl (C=O) groups excluding carboxylic acids is 1. The summed E-state index contributed by atoms with van der Waals surface area (Å²) in [6, 6.07) is 2.93. The van der Waals surface area contributed by atoms with Crippen LogP contribution in [0.5, 0.6) is 17.2 Å². The third-order valence-corrected chi connectivity index (χ3v) is 5.21. The molecule has 4 N–H and O–H groups in total. The number of H-pyrrole nitrogens is 1. The Kier molecular flexibility index (Phi) is 4.31. The second kappa shape index (κ2) is 6.66. The molecule has 1 amide bonds. The summed E-state index contributed by atoms with van der Waals surface area (Å²) in [5.41, 5.74) is 0.676. The SMILES string of the molecule is COc1cc([C@H]2CC(=O)Nc3c2c(=O)[nH]n3C2CCOCC2)cc(O)c1O. The van der Waals surface area contributed by atoms with Crippen LogP contribution in [0.1, 0.15) is 42.3 Å².